The molecule has 0 aliphatic carbocycles. The molecule has 0 amide bonds. The maximum Gasteiger partial charge on any atom is 0.335 e. The summed E-state index contributed by atoms with van der Waals surface area (Å²) in [6, 6.07) is 4.06. The number of hydrogen-bond acceptors (Lipinski definition) is 4. The minimum Gasteiger partial charge on any atom is -0.478 e. The number of halogens is 1. The summed E-state index contributed by atoms with van der Waals surface area (Å²) in [7, 11) is -3.54. The molecule has 20 heavy (non-hydrogen) atoms. The summed E-state index contributed by atoms with van der Waals surface area (Å²) in [5.74, 6) is -1.25. The summed E-state index contributed by atoms with van der Waals surface area (Å²) in [6.45, 7) is 3.74. The van der Waals surface area contributed by atoms with Crippen LogP contribution in [0.5, 0.6) is 0 Å². The van der Waals surface area contributed by atoms with E-state index in [0.29, 0.717) is 10.2 Å². The van der Waals surface area contributed by atoms with Gasteiger partial charge in [0.05, 0.1) is 29.7 Å². The van der Waals surface area contributed by atoms with E-state index in [2.05, 4.69) is 20.7 Å². The second kappa shape index (κ2) is 7.05. The first-order valence-electron chi connectivity index (χ1n) is 5.86. The van der Waals surface area contributed by atoms with Crippen molar-refractivity contribution in [2.45, 2.75) is 20.0 Å². The maximum atomic E-state index is 11.8. The number of rotatable bonds is 7. The zero-order valence-corrected chi connectivity index (χ0v) is 13.5. The summed E-state index contributed by atoms with van der Waals surface area (Å²) < 4.78 is 31.6. The number of aromatic carboxylic acids is 1. The van der Waals surface area contributed by atoms with Crippen LogP contribution in [0.1, 0.15) is 24.2 Å². The first kappa shape index (κ1) is 16.9. The quantitative estimate of drug-likeness (QED) is 0.773. The van der Waals surface area contributed by atoms with E-state index in [1.165, 1.54) is 18.2 Å². The van der Waals surface area contributed by atoms with Gasteiger partial charge in [0.25, 0.3) is 0 Å². The molecule has 1 aromatic carbocycles. The Morgan fingerprint density at radius 1 is 1.45 bits per heavy atom. The largest absolute Gasteiger partial charge is 0.478 e. The van der Waals surface area contributed by atoms with Crippen LogP contribution in [-0.2, 0) is 14.8 Å². The monoisotopic (exact) mass is 365 g/mol. The zero-order chi connectivity index (χ0) is 15.3. The second-order valence-corrected chi connectivity index (χ2v) is 7.04. The van der Waals surface area contributed by atoms with Gasteiger partial charge in [-0.25, -0.2) is 13.2 Å². The lowest BCUT2D eigenvalue weighted by Crippen LogP contribution is -2.21. The fraction of sp³-hybridized carbons (Fsp3) is 0.417. The summed E-state index contributed by atoms with van der Waals surface area (Å²) in [4.78, 5) is 10.8. The molecule has 0 unspecified atom stereocenters. The van der Waals surface area contributed by atoms with Gasteiger partial charge in [0.15, 0.2) is 0 Å². The van der Waals surface area contributed by atoms with Gasteiger partial charge in [-0.2, -0.15) is 0 Å². The van der Waals surface area contributed by atoms with Gasteiger partial charge in [0.1, 0.15) is 0 Å². The van der Waals surface area contributed by atoms with Crippen LogP contribution >= 0.6 is 15.9 Å². The van der Waals surface area contributed by atoms with Crippen LogP contribution in [0.2, 0.25) is 0 Å². The van der Waals surface area contributed by atoms with Crippen LogP contribution in [-0.4, -0.2) is 38.0 Å². The predicted octanol–water partition coefficient (Wildman–Crippen LogP) is 2.31. The molecule has 0 saturated carbocycles. The summed E-state index contributed by atoms with van der Waals surface area (Å²) in [5, 5.41) is 8.82. The molecule has 0 aromatic heterocycles. The van der Waals surface area contributed by atoms with Crippen LogP contribution in [0.15, 0.2) is 22.7 Å². The maximum absolute atomic E-state index is 11.8. The highest BCUT2D eigenvalue weighted by molar-refractivity contribution is 9.10. The van der Waals surface area contributed by atoms with Crippen molar-refractivity contribution in [1.29, 1.82) is 0 Å². The molecule has 1 rings (SSSR count). The minimum atomic E-state index is -3.54. The molecule has 0 saturated heterocycles. The lowest BCUT2D eigenvalue weighted by atomic mass is 10.2. The van der Waals surface area contributed by atoms with E-state index in [1.807, 2.05) is 13.8 Å². The van der Waals surface area contributed by atoms with Crippen LogP contribution in [0.4, 0.5) is 5.69 Å². The van der Waals surface area contributed by atoms with Gasteiger partial charge in [-0.15, -0.1) is 0 Å². The first-order valence-corrected chi connectivity index (χ1v) is 8.31. The number of anilines is 1. The number of carbonyl (C=O) groups is 1. The summed E-state index contributed by atoms with van der Waals surface area (Å²) in [6.07, 6.45) is -0.0354. The van der Waals surface area contributed by atoms with E-state index in [4.69, 9.17) is 9.84 Å². The molecule has 2 N–H and O–H groups in total. The van der Waals surface area contributed by atoms with E-state index < -0.39 is 16.0 Å². The van der Waals surface area contributed by atoms with Crippen molar-refractivity contribution in [3.8, 4) is 0 Å². The fourth-order valence-electron chi connectivity index (χ4n) is 1.34. The normalized spacial score (nSPS) is 11.6. The molecule has 112 valence electrons. The summed E-state index contributed by atoms with van der Waals surface area (Å²) >= 11 is 3.14. The molecule has 1 aromatic rings. The Balaban J connectivity index is 2.75. The number of ether oxygens (including phenoxy) is 1. The minimum absolute atomic E-state index is 0.0354. The highest BCUT2D eigenvalue weighted by atomic mass is 79.9. The fourth-order valence-corrected chi connectivity index (χ4v) is 2.88. The Morgan fingerprint density at radius 3 is 2.60 bits per heavy atom. The Bertz CT molecular complexity index is 586. The molecular formula is C12H16BrNO5S. The highest BCUT2D eigenvalue weighted by Gasteiger charge is 2.14. The molecule has 0 heterocycles. The van der Waals surface area contributed by atoms with Crippen LogP contribution in [0.25, 0.3) is 0 Å². The van der Waals surface area contributed by atoms with E-state index in [-0.39, 0.29) is 24.0 Å². The van der Waals surface area contributed by atoms with Crippen molar-refractivity contribution in [1.82, 2.24) is 0 Å². The van der Waals surface area contributed by atoms with Gasteiger partial charge < -0.3 is 9.84 Å². The third kappa shape index (κ3) is 5.48. The molecule has 0 aliphatic heterocycles. The van der Waals surface area contributed by atoms with Crippen molar-refractivity contribution < 1.29 is 23.1 Å². The first-order chi connectivity index (χ1) is 9.21. The second-order valence-electron chi connectivity index (χ2n) is 4.34. The molecule has 6 nitrogen and oxygen atoms in total. The molecule has 0 radical (unpaired) electrons. The average Bonchev–Trinajstić information content (AvgIpc) is 2.30. The van der Waals surface area contributed by atoms with Crippen molar-refractivity contribution >= 4 is 37.6 Å². The standard InChI is InChI=1S/C12H16BrNO5S/c1-8(2)19-5-6-20(17,18)14-11-4-3-9(12(15)16)7-10(11)13/h3-4,7-8,14H,5-6H2,1-2H3,(H,15,16). The molecule has 0 spiro atoms. The van der Waals surface area contributed by atoms with Crippen molar-refractivity contribution in [3.63, 3.8) is 0 Å². The predicted molar refractivity (Wildman–Crippen MR) is 79.6 cm³/mol. The van der Waals surface area contributed by atoms with Gasteiger partial charge >= 0.3 is 5.97 Å². The number of carboxylic acid groups (broad SMARTS) is 1. The van der Waals surface area contributed by atoms with E-state index >= 15 is 0 Å². The molecule has 0 atom stereocenters. The van der Waals surface area contributed by atoms with Crippen molar-refractivity contribution in [2.75, 3.05) is 17.1 Å². The zero-order valence-electron chi connectivity index (χ0n) is 11.1. The van der Waals surface area contributed by atoms with Crippen molar-refractivity contribution in [2.24, 2.45) is 0 Å². The van der Waals surface area contributed by atoms with Gasteiger partial charge in [0.2, 0.25) is 10.0 Å². The average molecular weight is 366 g/mol. The lowest BCUT2D eigenvalue weighted by Gasteiger charge is -2.11. The highest BCUT2D eigenvalue weighted by Crippen LogP contribution is 2.24. The number of nitrogens with one attached hydrogen (secondary N) is 1. The van der Waals surface area contributed by atoms with Crippen molar-refractivity contribution in [3.05, 3.63) is 28.2 Å². The third-order valence-electron chi connectivity index (χ3n) is 2.28. The molecule has 0 bridgehead atoms. The summed E-state index contributed by atoms with van der Waals surface area (Å²) in [5.41, 5.74) is 0.363. The molecule has 0 fully saturated rings. The van der Waals surface area contributed by atoms with Gasteiger partial charge in [-0.1, -0.05) is 0 Å². The Morgan fingerprint density at radius 2 is 2.10 bits per heavy atom. The Hall–Kier alpha value is -1.12. The molecule has 0 aliphatic rings. The van der Waals surface area contributed by atoms with Gasteiger partial charge in [-0.3, -0.25) is 4.72 Å². The number of hydrogen-bond donors (Lipinski definition) is 2. The lowest BCUT2D eigenvalue weighted by molar-refractivity contribution is 0.0696. The van der Waals surface area contributed by atoms with E-state index in [0.717, 1.165) is 0 Å². The number of benzene rings is 1. The van der Waals surface area contributed by atoms with Gasteiger partial charge in [0, 0.05) is 4.47 Å². The van der Waals surface area contributed by atoms with Gasteiger partial charge in [-0.05, 0) is 48.0 Å². The van der Waals surface area contributed by atoms with Crippen LogP contribution < -0.4 is 4.72 Å². The third-order valence-corrected chi connectivity index (χ3v) is 4.18. The Kier molecular flexibility index (Phi) is 5.97. The number of carboxylic acids is 1. The Labute approximate surface area is 126 Å². The van der Waals surface area contributed by atoms with Crippen LogP contribution in [0.3, 0.4) is 0 Å². The SMILES string of the molecule is CC(C)OCCS(=O)(=O)Nc1ccc(C(=O)O)cc1Br. The van der Waals surface area contributed by atoms with E-state index in [9.17, 15) is 13.2 Å². The molecule has 8 heteroatoms. The number of sulfonamides is 1. The van der Waals surface area contributed by atoms with Crippen LogP contribution in [0, 0.1) is 0 Å². The smallest absolute Gasteiger partial charge is 0.335 e. The van der Waals surface area contributed by atoms with E-state index in [1.54, 1.807) is 0 Å². The molecular weight excluding hydrogens is 350 g/mol. The topological polar surface area (TPSA) is 92.7 Å².